The Morgan fingerprint density at radius 2 is 2.15 bits per heavy atom. The molecule has 0 aromatic heterocycles. The van der Waals surface area contributed by atoms with Crippen molar-refractivity contribution in [3.8, 4) is 0 Å². The normalized spacial score (nSPS) is 16.1. The summed E-state index contributed by atoms with van der Waals surface area (Å²) in [6.45, 7) is 5.39. The third kappa shape index (κ3) is 4.77. The first-order chi connectivity index (χ1) is 9.66. The fourth-order valence-corrected chi connectivity index (χ4v) is 2.70. The van der Waals surface area contributed by atoms with Crippen molar-refractivity contribution in [1.29, 1.82) is 0 Å². The molecule has 1 heterocycles. The molecule has 1 fully saturated rings. The van der Waals surface area contributed by atoms with E-state index in [0.717, 1.165) is 45.8 Å². The number of hydrogen-bond donors (Lipinski definition) is 1. The predicted octanol–water partition coefficient (Wildman–Crippen LogP) is 2.58. The lowest BCUT2D eigenvalue weighted by molar-refractivity contribution is 0.0376. The molecule has 20 heavy (non-hydrogen) atoms. The second-order valence-corrected chi connectivity index (χ2v) is 6.01. The van der Waals surface area contributed by atoms with Crippen LogP contribution in [0.15, 0.2) is 22.7 Å². The van der Waals surface area contributed by atoms with Crippen LogP contribution in [0.2, 0.25) is 0 Å². The van der Waals surface area contributed by atoms with E-state index in [1.807, 2.05) is 0 Å². The predicted molar refractivity (Wildman–Crippen MR) is 85.7 cm³/mol. The topological polar surface area (TPSA) is 24.5 Å². The summed E-state index contributed by atoms with van der Waals surface area (Å²) in [5.41, 5.74) is 0.453. The third-order valence-electron chi connectivity index (χ3n) is 3.22. The maximum absolute atomic E-state index is 13.7. The van der Waals surface area contributed by atoms with Crippen LogP contribution in [0, 0.1) is 5.82 Å². The number of ether oxygens (including phenoxy) is 1. The lowest BCUT2D eigenvalue weighted by Crippen LogP contribution is -2.38. The quantitative estimate of drug-likeness (QED) is 0.644. The van der Waals surface area contributed by atoms with Crippen LogP contribution < -0.4 is 5.32 Å². The average molecular weight is 361 g/mol. The van der Waals surface area contributed by atoms with Gasteiger partial charge in [-0.3, -0.25) is 4.90 Å². The molecule has 0 spiro atoms. The molecule has 0 unspecified atom stereocenters. The van der Waals surface area contributed by atoms with Gasteiger partial charge in [0.25, 0.3) is 0 Å². The molecule has 0 bridgehead atoms. The van der Waals surface area contributed by atoms with E-state index in [9.17, 15) is 4.39 Å². The van der Waals surface area contributed by atoms with Crippen molar-refractivity contribution >= 4 is 33.1 Å². The Labute approximate surface area is 132 Å². The van der Waals surface area contributed by atoms with Gasteiger partial charge in [0.05, 0.1) is 13.2 Å². The fourth-order valence-electron chi connectivity index (χ4n) is 2.10. The molecule has 0 atom stereocenters. The fraction of sp³-hybridized carbons (Fsp3) is 0.500. The molecular weight excluding hydrogens is 343 g/mol. The molecular formula is C14H18BrFN2OS. The monoisotopic (exact) mass is 360 g/mol. The van der Waals surface area contributed by atoms with Crippen LogP contribution in [-0.4, -0.2) is 49.3 Å². The molecule has 6 heteroatoms. The Kier molecular flexibility index (Phi) is 6.35. The van der Waals surface area contributed by atoms with Crippen LogP contribution in [0.5, 0.6) is 0 Å². The number of hydrogen-bond acceptors (Lipinski definition) is 3. The molecule has 1 aromatic rings. The van der Waals surface area contributed by atoms with E-state index >= 15 is 0 Å². The summed E-state index contributed by atoms with van der Waals surface area (Å²) in [6.07, 6.45) is 0.984. The van der Waals surface area contributed by atoms with Gasteiger partial charge in [-0.25, -0.2) is 4.39 Å². The minimum absolute atomic E-state index is 0.301. The smallest absolute Gasteiger partial charge is 0.134 e. The van der Waals surface area contributed by atoms with Crippen LogP contribution in [-0.2, 0) is 4.74 Å². The number of nitrogens with zero attached hydrogens (tertiary/aromatic N) is 1. The zero-order valence-corrected chi connectivity index (χ0v) is 13.6. The van der Waals surface area contributed by atoms with Gasteiger partial charge in [0, 0.05) is 29.7 Å². The number of halogens is 2. The van der Waals surface area contributed by atoms with E-state index in [1.165, 1.54) is 6.07 Å². The van der Waals surface area contributed by atoms with Gasteiger partial charge < -0.3 is 10.1 Å². The molecule has 1 N–H and O–H groups in total. The van der Waals surface area contributed by atoms with E-state index < -0.39 is 0 Å². The van der Waals surface area contributed by atoms with E-state index in [-0.39, 0.29) is 5.82 Å². The minimum Gasteiger partial charge on any atom is -0.379 e. The Hall–Kier alpha value is -0.560. The van der Waals surface area contributed by atoms with Crippen molar-refractivity contribution in [2.75, 3.05) is 39.4 Å². The molecule has 0 saturated carbocycles. The Bertz CT molecular complexity index is 466. The molecule has 3 nitrogen and oxygen atoms in total. The summed E-state index contributed by atoms with van der Waals surface area (Å²) >= 11 is 8.45. The van der Waals surface area contributed by atoms with Crippen molar-refractivity contribution in [1.82, 2.24) is 10.2 Å². The van der Waals surface area contributed by atoms with Crippen LogP contribution >= 0.6 is 28.1 Å². The molecule has 0 radical (unpaired) electrons. The SMILES string of the molecule is Fc1cc(Br)ccc1C(=S)NCCCN1CCOCC1. The van der Waals surface area contributed by atoms with Gasteiger partial charge in [0.2, 0.25) is 0 Å². The van der Waals surface area contributed by atoms with E-state index in [4.69, 9.17) is 17.0 Å². The average Bonchev–Trinajstić information content (AvgIpc) is 2.44. The number of benzene rings is 1. The third-order valence-corrected chi connectivity index (χ3v) is 4.07. The number of nitrogens with one attached hydrogen (secondary N) is 1. The first-order valence-electron chi connectivity index (χ1n) is 6.70. The first-order valence-corrected chi connectivity index (χ1v) is 7.90. The van der Waals surface area contributed by atoms with E-state index in [0.29, 0.717) is 15.0 Å². The van der Waals surface area contributed by atoms with Gasteiger partial charge in [0.15, 0.2) is 0 Å². The van der Waals surface area contributed by atoms with Crippen LogP contribution in [0.4, 0.5) is 4.39 Å². The largest absolute Gasteiger partial charge is 0.379 e. The molecule has 1 aliphatic rings. The molecule has 1 aromatic carbocycles. The zero-order valence-electron chi connectivity index (χ0n) is 11.2. The molecule has 2 rings (SSSR count). The van der Waals surface area contributed by atoms with Gasteiger partial charge in [0.1, 0.15) is 10.8 Å². The summed E-state index contributed by atoms with van der Waals surface area (Å²) in [4.78, 5) is 2.84. The van der Waals surface area contributed by atoms with Crippen LogP contribution in [0.1, 0.15) is 12.0 Å². The van der Waals surface area contributed by atoms with Crippen LogP contribution in [0.25, 0.3) is 0 Å². The number of thiocarbonyl (C=S) groups is 1. The highest BCUT2D eigenvalue weighted by Gasteiger charge is 2.10. The zero-order chi connectivity index (χ0) is 14.4. The van der Waals surface area contributed by atoms with Gasteiger partial charge in [-0.05, 0) is 31.2 Å². The Morgan fingerprint density at radius 1 is 1.40 bits per heavy atom. The Balaban J connectivity index is 1.72. The van der Waals surface area contributed by atoms with Crippen molar-refractivity contribution < 1.29 is 9.13 Å². The molecule has 110 valence electrons. The summed E-state index contributed by atoms with van der Waals surface area (Å²) in [6, 6.07) is 4.91. The van der Waals surface area contributed by atoms with Crippen molar-refractivity contribution in [3.63, 3.8) is 0 Å². The highest BCUT2D eigenvalue weighted by molar-refractivity contribution is 9.10. The molecule has 0 aliphatic carbocycles. The van der Waals surface area contributed by atoms with E-state index in [1.54, 1.807) is 12.1 Å². The molecule has 1 saturated heterocycles. The maximum atomic E-state index is 13.7. The van der Waals surface area contributed by atoms with Crippen molar-refractivity contribution in [3.05, 3.63) is 34.1 Å². The summed E-state index contributed by atoms with van der Waals surface area (Å²) < 4.78 is 19.7. The van der Waals surface area contributed by atoms with Crippen molar-refractivity contribution in [2.24, 2.45) is 0 Å². The Morgan fingerprint density at radius 3 is 2.85 bits per heavy atom. The van der Waals surface area contributed by atoms with Gasteiger partial charge in [-0.2, -0.15) is 0 Å². The number of morpholine rings is 1. The molecule has 0 amide bonds. The summed E-state index contributed by atoms with van der Waals surface area (Å²) in [7, 11) is 0. The van der Waals surface area contributed by atoms with Crippen molar-refractivity contribution in [2.45, 2.75) is 6.42 Å². The second-order valence-electron chi connectivity index (χ2n) is 4.69. The van der Waals surface area contributed by atoms with E-state index in [2.05, 4.69) is 26.1 Å². The van der Waals surface area contributed by atoms with Gasteiger partial charge in [-0.1, -0.05) is 28.1 Å². The van der Waals surface area contributed by atoms with Crippen LogP contribution in [0.3, 0.4) is 0 Å². The van der Waals surface area contributed by atoms with Gasteiger partial charge in [-0.15, -0.1) is 0 Å². The second kappa shape index (κ2) is 8.02. The number of rotatable bonds is 5. The maximum Gasteiger partial charge on any atom is 0.134 e. The highest BCUT2D eigenvalue weighted by Crippen LogP contribution is 2.15. The standard InChI is InChI=1S/C14H18BrFN2OS/c15-11-2-3-12(13(16)10-11)14(20)17-4-1-5-18-6-8-19-9-7-18/h2-3,10H,1,4-9H2,(H,17,20). The first kappa shape index (κ1) is 15.8. The van der Waals surface area contributed by atoms with Gasteiger partial charge >= 0.3 is 0 Å². The summed E-state index contributed by atoms with van der Waals surface area (Å²) in [5, 5.41) is 3.12. The minimum atomic E-state index is -0.301. The highest BCUT2D eigenvalue weighted by atomic mass is 79.9. The molecule has 1 aliphatic heterocycles. The summed E-state index contributed by atoms with van der Waals surface area (Å²) in [5.74, 6) is -0.301. The lowest BCUT2D eigenvalue weighted by Gasteiger charge is -2.26. The lowest BCUT2D eigenvalue weighted by atomic mass is 10.2.